The summed E-state index contributed by atoms with van der Waals surface area (Å²) in [6.07, 6.45) is 0.842. The minimum atomic E-state index is -0.0814. The summed E-state index contributed by atoms with van der Waals surface area (Å²) in [7, 11) is 1.77. The zero-order valence-electron chi connectivity index (χ0n) is 11.0. The second kappa shape index (κ2) is 6.59. The molecule has 2 rings (SSSR count). The second-order valence-corrected chi connectivity index (χ2v) is 4.36. The molecule has 1 N–H and O–H groups in total. The van der Waals surface area contributed by atoms with Crippen molar-refractivity contribution in [2.45, 2.75) is 6.42 Å². The van der Waals surface area contributed by atoms with Crippen molar-refractivity contribution in [3.63, 3.8) is 0 Å². The van der Waals surface area contributed by atoms with Gasteiger partial charge in [-0.15, -0.1) is 0 Å². The Kier molecular flexibility index (Phi) is 4.56. The third-order valence-corrected chi connectivity index (χ3v) is 2.98. The van der Waals surface area contributed by atoms with Gasteiger partial charge in [0, 0.05) is 19.3 Å². The van der Waals surface area contributed by atoms with Crippen LogP contribution < -0.4 is 10.2 Å². The van der Waals surface area contributed by atoms with E-state index in [1.54, 1.807) is 11.9 Å². The first-order chi connectivity index (χ1) is 9.27. The summed E-state index contributed by atoms with van der Waals surface area (Å²) in [6.45, 7) is 0.639. The predicted octanol–water partition coefficient (Wildman–Crippen LogP) is 3.08. The molecule has 0 aliphatic heterocycles. The van der Waals surface area contributed by atoms with Crippen LogP contribution in [-0.4, -0.2) is 19.6 Å². The van der Waals surface area contributed by atoms with Crippen LogP contribution in [0.15, 0.2) is 60.7 Å². The molecule has 0 heterocycles. The molecule has 0 bridgehead atoms. The summed E-state index contributed by atoms with van der Waals surface area (Å²) in [5.41, 5.74) is 2.12. The maximum atomic E-state index is 11.9. The Labute approximate surface area is 113 Å². The molecule has 0 spiro atoms. The van der Waals surface area contributed by atoms with Gasteiger partial charge >= 0.3 is 6.03 Å². The number of amides is 2. The molecule has 0 fully saturated rings. The Balaban J connectivity index is 1.82. The number of para-hydroxylation sites is 1. The van der Waals surface area contributed by atoms with Gasteiger partial charge in [-0.2, -0.15) is 0 Å². The molecule has 2 aromatic rings. The van der Waals surface area contributed by atoms with E-state index in [9.17, 15) is 4.79 Å². The van der Waals surface area contributed by atoms with Crippen LogP contribution in [0.1, 0.15) is 5.56 Å². The lowest BCUT2D eigenvalue weighted by atomic mass is 10.1. The molecule has 2 aromatic carbocycles. The maximum absolute atomic E-state index is 11.9. The van der Waals surface area contributed by atoms with Crippen molar-refractivity contribution in [1.29, 1.82) is 0 Å². The molecule has 98 valence electrons. The topological polar surface area (TPSA) is 32.3 Å². The Hall–Kier alpha value is -2.29. The van der Waals surface area contributed by atoms with Crippen LogP contribution in [0.5, 0.6) is 0 Å². The predicted molar refractivity (Wildman–Crippen MR) is 78.4 cm³/mol. The van der Waals surface area contributed by atoms with E-state index in [-0.39, 0.29) is 6.03 Å². The summed E-state index contributed by atoms with van der Waals surface area (Å²) < 4.78 is 0. The van der Waals surface area contributed by atoms with E-state index in [0.29, 0.717) is 6.54 Å². The third-order valence-electron chi connectivity index (χ3n) is 2.98. The summed E-state index contributed by atoms with van der Waals surface area (Å²) in [6, 6.07) is 19.7. The van der Waals surface area contributed by atoms with Crippen molar-refractivity contribution in [2.75, 3.05) is 18.5 Å². The Morgan fingerprint density at radius 2 is 1.58 bits per heavy atom. The summed E-state index contributed by atoms with van der Waals surface area (Å²) in [5.74, 6) is 0. The first-order valence-electron chi connectivity index (χ1n) is 6.38. The average molecular weight is 254 g/mol. The van der Waals surface area contributed by atoms with E-state index in [0.717, 1.165) is 12.1 Å². The first kappa shape index (κ1) is 13.1. The fourth-order valence-corrected chi connectivity index (χ4v) is 1.85. The zero-order chi connectivity index (χ0) is 13.5. The van der Waals surface area contributed by atoms with E-state index < -0.39 is 0 Å². The smallest absolute Gasteiger partial charge is 0.321 e. The van der Waals surface area contributed by atoms with E-state index in [1.165, 1.54) is 5.56 Å². The fraction of sp³-hybridized carbons (Fsp3) is 0.188. The number of nitrogens with one attached hydrogen (secondary N) is 1. The minimum absolute atomic E-state index is 0.0814. The molecule has 0 aliphatic rings. The second-order valence-electron chi connectivity index (χ2n) is 4.36. The summed E-state index contributed by atoms with van der Waals surface area (Å²) >= 11 is 0. The Morgan fingerprint density at radius 1 is 1.00 bits per heavy atom. The van der Waals surface area contributed by atoms with Crippen molar-refractivity contribution in [2.24, 2.45) is 0 Å². The first-order valence-corrected chi connectivity index (χ1v) is 6.38. The van der Waals surface area contributed by atoms with Crippen LogP contribution in [0.3, 0.4) is 0 Å². The monoisotopic (exact) mass is 254 g/mol. The zero-order valence-corrected chi connectivity index (χ0v) is 11.0. The van der Waals surface area contributed by atoms with E-state index in [4.69, 9.17) is 0 Å². The molecule has 0 unspecified atom stereocenters. The molecule has 0 saturated carbocycles. The molecule has 0 atom stereocenters. The highest BCUT2D eigenvalue weighted by Gasteiger charge is 2.08. The number of nitrogens with zero attached hydrogens (tertiary/aromatic N) is 1. The van der Waals surface area contributed by atoms with Gasteiger partial charge in [-0.3, -0.25) is 4.90 Å². The fourth-order valence-electron chi connectivity index (χ4n) is 1.85. The highest BCUT2D eigenvalue weighted by molar-refractivity contribution is 5.91. The molecular formula is C16H18N2O. The van der Waals surface area contributed by atoms with E-state index >= 15 is 0 Å². The normalized spacial score (nSPS) is 9.95. The number of hydrogen-bond acceptors (Lipinski definition) is 1. The molecule has 0 radical (unpaired) electrons. The Bertz CT molecular complexity index is 511. The average Bonchev–Trinajstić information content (AvgIpc) is 2.48. The van der Waals surface area contributed by atoms with Gasteiger partial charge in [0.2, 0.25) is 0 Å². The van der Waals surface area contributed by atoms with Crippen LogP contribution in [0.25, 0.3) is 0 Å². The number of rotatable bonds is 4. The number of urea groups is 1. The highest BCUT2D eigenvalue weighted by Crippen LogP contribution is 2.10. The molecule has 19 heavy (non-hydrogen) atoms. The van der Waals surface area contributed by atoms with Crippen molar-refractivity contribution in [3.05, 3.63) is 66.2 Å². The lowest BCUT2D eigenvalue weighted by molar-refractivity contribution is 0.247. The number of benzene rings is 2. The number of carbonyl (C=O) groups excluding carboxylic acids is 1. The van der Waals surface area contributed by atoms with Crippen molar-refractivity contribution in [1.82, 2.24) is 5.32 Å². The molecule has 0 saturated heterocycles. The highest BCUT2D eigenvalue weighted by atomic mass is 16.2. The largest absolute Gasteiger partial charge is 0.337 e. The summed E-state index contributed by atoms with van der Waals surface area (Å²) in [5, 5.41) is 2.92. The van der Waals surface area contributed by atoms with Crippen LogP contribution in [-0.2, 0) is 6.42 Å². The molecule has 0 aromatic heterocycles. The minimum Gasteiger partial charge on any atom is -0.337 e. The van der Waals surface area contributed by atoms with E-state index in [2.05, 4.69) is 17.4 Å². The summed E-state index contributed by atoms with van der Waals surface area (Å²) in [4.78, 5) is 13.6. The van der Waals surface area contributed by atoms with Crippen LogP contribution in [0.4, 0.5) is 10.5 Å². The van der Waals surface area contributed by atoms with Crippen LogP contribution in [0, 0.1) is 0 Å². The van der Waals surface area contributed by atoms with Gasteiger partial charge in [-0.25, -0.2) is 4.79 Å². The number of anilines is 1. The van der Waals surface area contributed by atoms with Gasteiger partial charge in [0.25, 0.3) is 0 Å². The molecule has 3 nitrogen and oxygen atoms in total. The molecule has 0 aliphatic carbocycles. The van der Waals surface area contributed by atoms with Gasteiger partial charge in [0.05, 0.1) is 0 Å². The molecule has 3 heteroatoms. The lowest BCUT2D eigenvalue weighted by Gasteiger charge is -2.17. The van der Waals surface area contributed by atoms with Crippen molar-refractivity contribution in [3.8, 4) is 0 Å². The Morgan fingerprint density at radius 3 is 2.21 bits per heavy atom. The quantitative estimate of drug-likeness (QED) is 0.893. The molecular weight excluding hydrogens is 236 g/mol. The van der Waals surface area contributed by atoms with Crippen LogP contribution in [0.2, 0.25) is 0 Å². The molecule has 2 amide bonds. The number of hydrogen-bond donors (Lipinski definition) is 1. The van der Waals surface area contributed by atoms with Gasteiger partial charge in [-0.1, -0.05) is 48.5 Å². The number of carbonyl (C=O) groups is 1. The van der Waals surface area contributed by atoms with Crippen molar-refractivity contribution < 1.29 is 4.79 Å². The van der Waals surface area contributed by atoms with Gasteiger partial charge < -0.3 is 5.32 Å². The van der Waals surface area contributed by atoms with Gasteiger partial charge in [-0.05, 0) is 24.1 Å². The lowest BCUT2D eigenvalue weighted by Crippen LogP contribution is -2.38. The maximum Gasteiger partial charge on any atom is 0.321 e. The van der Waals surface area contributed by atoms with Gasteiger partial charge in [0.1, 0.15) is 0 Å². The van der Waals surface area contributed by atoms with Crippen LogP contribution >= 0.6 is 0 Å². The third kappa shape index (κ3) is 3.85. The van der Waals surface area contributed by atoms with Gasteiger partial charge in [0.15, 0.2) is 0 Å². The van der Waals surface area contributed by atoms with E-state index in [1.807, 2.05) is 48.5 Å². The SMILES string of the molecule is CN(C(=O)NCCc1ccccc1)c1ccccc1. The standard InChI is InChI=1S/C16H18N2O/c1-18(15-10-6-3-7-11-15)16(19)17-13-12-14-8-4-2-5-9-14/h2-11H,12-13H2,1H3,(H,17,19). The van der Waals surface area contributed by atoms with Crippen molar-refractivity contribution >= 4 is 11.7 Å².